The van der Waals surface area contributed by atoms with E-state index in [0.29, 0.717) is 13.1 Å². The minimum absolute atomic E-state index is 0.00473. The Morgan fingerprint density at radius 3 is 2.64 bits per heavy atom. The predicted octanol–water partition coefficient (Wildman–Crippen LogP) is 1.77. The molecule has 7 nitrogen and oxygen atoms in total. The lowest BCUT2D eigenvalue weighted by atomic mass is 10.1. The predicted molar refractivity (Wildman–Crippen MR) is 76.4 cm³/mol. The van der Waals surface area contributed by atoms with Crippen molar-refractivity contribution in [1.29, 1.82) is 0 Å². The topological polar surface area (TPSA) is 84.7 Å². The summed E-state index contributed by atoms with van der Waals surface area (Å²) in [6.45, 7) is 1.22. The van der Waals surface area contributed by atoms with Crippen LogP contribution in [0.5, 0.6) is 0 Å². The molecule has 2 heterocycles. The zero-order valence-corrected chi connectivity index (χ0v) is 11.8. The molecule has 1 saturated heterocycles. The highest BCUT2D eigenvalue weighted by atomic mass is 16.6. The highest BCUT2D eigenvalue weighted by Gasteiger charge is 2.33. The van der Waals surface area contributed by atoms with E-state index in [2.05, 4.69) is 4.98 Å². The number of ether oxygens (including phenoxy) is 1. The van der Waals surface area contributed by atoms with E-state index in [1.54, 1.807) is 9.47 Å². The molecule has 7 heteroatoms. The summed E-state index contributed by atoms with van der Waals surface area (Å²) >= 11 is 0. The highest BCUT2D eigenvalue weighted by molar-refractivity contribution is 5.84. The van der Waals surface area contributed by atoms with E-state index in [1.165, 1.54) is 12.5 Å². The number of nitrogens with zero attached hydrogens (tertiary/aromatic N) is 3. The monoisotopic (exact) mass is 301 g/mol. The molecule has 0 bridgehead atoms. The fraction of sp³-hybridized carbons (Fsp3) is 0.267. The minimum atomic E-state index is -1.06. The smallest absolute Gasteiger partial charge is 0.410 e. The third-order valence-electron chi connectivity index (χ3n) is 3.57. The van der Waals surface area contributed by atoms with Crippen molar-refractivity contribution in [2.45, 2.75) is 12.6 Å². The van der Waals surface area contributed by atoms with Gasteiger partial charge in [-0.15, -0.1) is 0 Å². The molecular formula is C15H15N3O4. The summed E-state index contributed by atoms with van der Waals surface area (Å²) in [6, 6.07) is 9.52. The Hall–Kier alpha value is -2.83. The number of aromatic carboxylic acids is 1. The average molecular weight is 301 g/mol. The van der Waals surface area contributed by atoms with Crippen LogP contribution in [0, 0.1) is 0 Å². The van der Waals surface area contributed by atoms with Crippen LogP contribution >= 0.6 is 0 Å². The molecule has 0 saturated carbocycles. The number of likely N-dealkylation sites (tertiary alicyclic amines) is 1. The standard InChI is InChI=1S/C15H15N3O4/c19-14(20)13-8-18(10-16-13)12-6-17(7-12)15(21)22-9-11-4-2-1-3-5-11/h1-5,8,10,12H,6-7,9H2,(H,19,20). The molecule has 0 atom stereocenters. The lowest BCUT2D eigenvalue weighted by Gasteiger charge is -2.38. The summed E-state index contributed by atoms with van der Waals surface area (Å²) in [6.07, 6.45) is 2.58. The van der Waals surface area contributed by atoms with Gasteiger partial charge in [0, 0.05) is 19.3 Å². The van der Waals surface area contributed by atoms with E-state index >= 15 is 0 Å². The molecule has 22 heavy (non-hydrogen) atoms. The number of hydrogen-bond acceptors (Lipinski definition) is 4. The summed E-state index contributed by atoms with van der Waals surface area (Å²) in [7, 11) is 0. The van der Waals surface area contributed by atoms with Crippen molar-refractivity contribution < 1.29 is 19.4 Å². The minimum Gasteiger partial charge on any atom is -0.476 e. The molecule has 1 aromatic heterocycles. The number of benzene rings is 1. The van der Waals surface area contributed by atoms with Crippen molar-refractivity contribution in [3.05, 3.63) is 54.1 Å². The zero-order valence-electron chi connectivity index (χ0n) is 11.8. The first-order chi connectivity index (χ1) is 10.6. The molecule has 0 unspecified atom stereocenters. The van der Waals surface area contributed by atoms with Crippen molar-refractivity contribution in [2.75, 3.05) is 13.1 Å². The number of imidazole rings is 1. The van der Waals surface area contributed by atoms with Crippen LogP contribution in [-0.4, -0.2) is 44.7 Å². The molecule has 0 spiro atoms. The van der Waals surface area contributed by atoms with Crippen LogP contribution in [0.4, 0.5) is 4.79 Å². The van der Waals surface area contributed by atoms with Crippen LogP contribution in [0.25, 0.3) is 0 Å². The molecular weight excluding hydrogens is 286 g/mol. The van der Waals surface area contributed by atoms with Gasteiger partial charge in [0.05, 0.1) is 12.4 Å². The average Bonchev–Trinajstić information content (AvgIpc) is 2.94. The van der Waals surface area contributed by atoms with Gasteiger partial charge in [0.1, 0.15) is 6.61 Å². The van der Waals surface area contributed by atoms with E-state index < -0.39 is 5.97 Å². The van der Waals surface area contributed by atoms with E-state index in [9.17, 15) is 9.59 Å². The molecule has 0 aliphatic carbocycles. The molecule has 0 radical (unpaired) electrons. The van der Waals surface area contributed by atoms with Crippen LogP contribution in [-0.2, 0) is 11.3 Å². The normalized spacial score (nSPS) is 14.5. The number of carboxylic acid groups (broad SMARTS) is 1. The maximum absolute atomic E-state index is 11.9. The Morgan fingerprint density at radius 2 is 2.00 bits per heavy atom. The second-order valence-electron chi connectivity index (χ2n) is 5.11. The quantitative estimate of drug-likeness (QED) is 0.930. The Labute approximate surface area is 126 Å². The van der Waals surface area contributed by atoms with Gasteiger partial charge in [-0.1, -0.05) is 30.3 Å². The van der Waals surface area contributed by atoms with Crippen LogP contribution in [0.15, 0.2) is 42.9 Å². The van der Waals surface area contributed by atoms with Crippen molar-refractivity contribution >= 4 is 12.1 Å². The van der Waals surface area contributed by atoms with Crippen LogP contribution < -0.4 is 0 Å². The number of hydrogen-bond donors (Lipinski definition) is 1. The molecule has 1 fully saturated rings. The highest BCUT2D eigenvalue weighted by Crippen LogP contribution is 2.22. The second kappa shape index (κ2) is 5.88. The fourth-order valence-corrected chi connectivity index (χ4v) is 2.25. The van der Waals surface area contributed by atoms with Gasteiger partial charge < -0.3 is 19.3 Å². The van der Waals surface area contributed by atoms with Gasteiger partial charge >= 0.3 is 12.1 Å². The van der Waals surface area contributed by atoms with Gasteiger partial charge in [0.25, 0.3) is 0 Å². The number of carbonyl (C=O) groups is 2. The van der Waals surface area contributed by atoms with Crippen LogP contribution in [0.1, 0.15) is 22.1 Å². The Balaban J connectivity index is 1.48. The number of aromatic nitrogens is 2. The summed E-state index contributed by atoms with van der Waals surface area (Å²) in [5, 5.41) is 8.83. The van der Waals surface area contributed by atoms with Gasteiger partial charge in [-0.05, 0) is 5.56 Å². The van der Waals surface area contributed by atoms with Crippen LogP contribution in [0.3, 0.4) is 0 Å². The molecule has 3 rings (SSSR count). The van der Waals surface area contributed by atoms with Crippen molar-refractivity contribution in [1.82, 2.24) is 14.5 Å². The molecule has 2 aromatic rings. The van der Waals surface area contributed by atoms with E-state index in [0.717, 1.165) is 5.56 Å². The Morgan fingerprint density at radius 1 is 1.27 bits per heavy atom. The SMILES string of the molecule is O=C(O)c1cn(C2CN(C(=O)OCc3ccccc3)C2)cn1. The van der Waals surface area contributed by atoms with Gasteiger partial charge in [-0.2, -0.15) is 0 Å². The largest absolute Gasteiger partial charge is 0.476 e. The van der Waals surface area contributed by atoms with E-state index in [1.807, 2.05) is 30.3 Å². The number of carboxylic acids is 1. The fourth-order valence-electron chi connectivity index (χ4n) is 2.25. The zero-order chi connectivity index (χ0) is 15.5. The first kappa shape index (κ1) is 14.1. The summed E-state index contributed by atoms with van der Waals surface area (Å²) < 4.78 is 6.94. The Bertz CT molecular complexity index is 677. The third kappa shape index (κ3) is 2.93. The molecule has 114 valence electrons. The van der Waals surface area contributed by atoms with Crippen molar-refractivity contribution in [2.24, 2.45) is 0 Å². The molecule has 1 aliphatic heterocycles. The second-order valence-corrected chi connectivity index (χ2v) is 5.11. The number of amides is 1. The molecule has 1 aromatic carbocycles. The van der Waals surface area contributed by atoms with Gasteiger partial charge in [-0.25, -0.2) is 14.6 Å². The van der Waals surface area contributed by atoms with Crippen molar-refractivity contribution in [3.63, 3.8) is 0 Å². The maximum Gasteiger partial charge on any atom is 0.410 e. The summed E-state index contributed by atoms with van der Waals surface area (Å²) in [5.74, 6) is -1.06. The summed E-state index contributed by atoms with van der Waals surface area (Å²) in [4.78, 5) is 28.0. The Kier molecular flexibility index (Phi) is 3.78. The van der Waals surface area contributed by atoms with Gasteiger partial charge in [-0.3, -0.25) is 0 Å². The molecule has 1 aliphatic rings. The lowest BCUT2D eigenvalue weighted by molar-refractivity contribution is 0.0524. The molecule has 1 amide bonds. The van der Waals surface area contributed by atoms with Crippen LogP contribution in [0.2, 0.25) is 0 Å². The third-order valence-corrected chi connectivity index (χ3v) is 3.57. The van der Waals surface area contributed by atoms with E-state index in [-0.39, 0.29) is 24.4 Å². The lowest BCUT2D eigenvalue weighted by Crippen LogP contribution is -2.50. The number of rotatable bonds is 4. The molecule has 1 N–H and O–H groups in total. The maximum atomic E-state index is 11.9. The first-order valence-corrected chi connectivity index (χ1v) is 6.86. The first-order valence-electron chi connectivity index (χ1n) is 6.86. The number of carbonyl (C=O) groups excluding carboxylic acids is 1. The summed E-state index contributed by atoms with van der Waals surface area (Å²) in [5.41, 5.74) is 0.943. The van der Waals surface area contributed by atoms with Gasteiger partial charge in [0.2, 0.25) is 0 Å². The van der Waals surface area contributed by atoms with Crippen molar-refractivity contribution in [3.8, 4) is 0 Å². The van der Waals surface area contributed by atoms with E-state index in [4.69, 9.17) is 9.84 Å². The van der Waals surface area contributed by atoms with Gasteiger partial charge in [0.15, 0.2) is 5.69 Å².